The van der Waals surface area contributed by atoms with E-state index in [1.54, 1.807) is 7.11 Å². The molecule has 0 spiro atoms. The van der Waals surface area contributed by atoms with Gasteiger partial charge in [-0.2, -0.15) is 0 Å². The summed E-state index contributed by atoms with van der Waals surface area (Å²) in [4.78, 5) is 0. The summed E-state index contributed by atoms with van der Waals surface area (Å²) >= 11 is 3.52. The first-order valence-electron chi connectivity index (χ1n) is 7.51. The highest BCUT2D eigenvalue weighted by molar-refractivity contribution is 9.10. The minimum absolute atomic E-state index is 0.0822. The number of hydrogen-bond donors (Lipinski definition) is 1. The lowest BCUT2D eigenvalue weighted by Gasteiger charge is -2.44. The van der Waals surface area contributed by atoms with Crippen LogP contribution in [0.25, 0.3) is 0 Å². The van der Waals surface area contributed by atoms with Crippen LogP contribution in [0.1, 0.15) is 19.8 Å². The molecule has 1 saturated carbocycles. The summed E-state index contributed by atoms with van der Waals surface area (Å²) < 4.78 is 18.0. The smallest absolute Gasteiger partial charge is 0.134 e. The number of hydrogen-bond acceptors (Lipinski definition) is 4. The van der Waals surface area contributed by atoms with Gasteiger partial charge in [0.2, 0.25) is 0 Å². The molecule has 0 aliphatic heterocycles. The molecular formula is C16H24BrNO3. The summed E-state index contributed by atoms with van der Waals surface area (Å²) in [6, 6.07) is 8.29. The van der Waals surface area contributed by atoms with Gasteiger partial charge in [-0.1, -0.05) is 19.1 Å². The highest BCUT2D eigenvalue weighted by atomic mass is 79.9. The van der Waals surface area contributed by atoms with Crippen LogP contribution < -0.4 is 10.1 Å². The van der Waals surface area contributed by atoms with Gasteiger partial charge in [0, 0.05) is 19.6 Å². The van der Waals surface area contributed by atoms with Gasteiger partial charge in [-0.25, -0.2) is 0 Å². The maximum absolute atomic E-state index is 6.08. The molecule has 1 aromatic carbocycles. The van der Waals surface area contributed by atoms with Crippen molar-refractivity contribution in [3.05, 3.63) is 28.7 Å². The van der Waals surface area contributed by atoms with Gasteiger partial charge in [0.1, 0.15) is 18.0 Å². The van der Waals surface area contributed by atoms with Crippen molar-refractivity contribution in [3.63, 3.8) is 0 Å². The Balaban J connectivity index is 1.90. The van der Waals surface area contributed by atoms with Crippen molar-refractivity contribution >= 4 is 15.9 Å². The fourth-order valence-electron chi connectivity index (χ4n) is 2.42. The number of methoxy groups -OCH3 is 1. The lowest BCUT2D eigenvalue weighted by Crippen LogP contribution is -2.61. The predicted molar refractivity (Wildman–Crippen MR) is 86.9 cm³/mol. The van der Waals surface area contributed by atoms with Crippen molar-refractivity contribution in [2.75, 3.05) is 26.9 Å². The molecule has 1 fully saturated rings. The molecule has 21 heavy (non-hydrogen) atoms. The van der Waals surface area contributed by atoms with Gasteiger partial charge in [0.15, 0.2) is 0 Å². The Kier molecular flexibility index (Phi) is 6.96. The number of para-hydroxylation sites is 1. The van der Waals surface area contributed by atoms with Crippen LogP contribution in [0.3, 0.4) is 0 Å². The van der Waals surface area contributed by atoms with E-state index in [0.29, 0.717) is 19.3 Å². The van der Waals surface area contributed by atoms with Gasteiger partial charge in [-0.05, 0) is 41.0 Å². The van der Waals surface area contributed by atoms with E-state index in [4.69, 9.17) is 14.2 Å². The summed E-state index contributed by atoms with van der Waals surface area (Å²) in [5, 5.41) is 3.52. The van der Waals surface area contributed by atoms with Gasteiger partial charge < -0.3 is 19.5 Å². The van der Waals surface area contributed by atoms with Crippen LogP contribution in [-0.2, 0) is 9.47 Å². The maximum atomic E-state index is 6.08. The van der Waals surface area contributed by atoms with Gasteiger partial charge in [-0.3, -0.25) is 0 Å². The van der Waals surface area contributed by atoms with E-state index >= 15 is 0 Å². The second-order valence-electron chi connectivity index (χ2n) is 5.21. The Hall–Kier alpha value is -0.620. The largest absolute Gasteiger partial charge is 0.486 e. The molecular weight excluding hydrogens is 334 g/mol. The Bertz CT molecular complexity index is 430. The molecule has 1 N–H and O–H groups in total. The van der Waals surface area contributed by atoms with E-state index in [1.165, 1.54) is 0 Å². The van der Waals surface area contributed by atoms with Crippen molar-refractivity contribution in [3.8, 4) is 5.75 Å². The van der Waals surface area contributed by atoms with Gasteiger partial charge >= 0.3 is 0 Å². The summed E-state index contributed by atoms with van der Waals surface area (Å²) in [6.07, 6.45) is 2.27. The monoisotopic (exact) mass is 357 g/mol. The van der Waals surface area contributed by atoms with Crippen molar-refractivity contribution in [1.82, 2.24) is 5.32 Å². The van der Waals surface area contributed by atoms with Crippen LogP contribution in [0.2, 0.25) is 0 Å². The van der Waals surface area contributed by atoms with Crippen LogP contribution in [0.15, 0.2) is 28.7 Å². The highest BCUT2D eigenvalue weighted by Gasteiger charge is 2.43. The quantitative estimate of drug-likeness (QED) is 0.689. The Labute approximate surface area is 135 Å². The summed E-state index contributed by atoms with van der Waals surface area (Å²) in [7, 11) is 1.69. The van der Waals surface area contributed by atoms with Crippen molar-refractivity contribution in [2.45, 2.75) is 38.0 Å². The van der Waals surface area contributed by atoms with E-state index in [2.05, 4.69) is 28.2 Å². The predicted octanol–water partition coefficient (Wildman–Crippen LogP) is 3.00. The van der Waals surface area contributed by atoms with Crippen LogP contribution in [0.4, 0.5) is 0 Å². The van der Waals surface area contributed by atoms with Gasteiger partial charge in [0.05, 0.1) is 17.7 Å². The summed E-state index contributed by atoms with van der Waals surface area (Å²) in [6.45, 7) is 4.39. The van der Waals surface area contributed by atoms with Crippen LogP contribution in [-0.4, -0.2) is 45.1 Å². The fourth-order valence-corrected chi connectivity index (χ4v) is 2.80. The van der Waals surface area contributed by atoms with E-state index in [9.17, 15) is 0 Å². The third-order valence-electron chi connectivity index (χ3n) is 3.62. The van der Waals surface area contributed by atoms with Gasteiger partial charge in [-0.15, -0.1) is 0 Å². The van der Waals surface area contributed by atoms with E-state index in [0.717, 1.165) is 29.6 Å². The first-order valence-corrected chi connectivity index (χ1v) is 8.30. The van der Waals surface area contributed by atoms with E-state index in [1.807, 2.05) is 24.3 Å². The number of benzene rings is 1. The lowest BCUT2D eigenvalue weighted by atomic mass is 9.85. The third kappa shape index (κ3) is 4.68. The standard InChI is InChI=1S/C16H24BrNO3/c1-3-8-18-13-11-15(16(13)20-10-9-19-2)21-14-7-5-4-6-12(14)17/h4-7,13,15-16,18H,3,8-11H2,1-2H3. The average Bonchev–Trinajstić information content (AvgIpc) is 2.48. The molecule has 1 aromatic rings. The molecule has 0 aromatic heterocycles. The zero-order valence-corrected chi connectivity index (χ0v) is 14.3. The van der Waals surface area contributed by atoms with Crippen LogP contribution >= 0.6 is 15.9 Å². The number of halogens is 1. The normalized spacial score (nSPS) is 24.6. The molecule has 3 unspecified atom stereocenters. The molecule has 0 saturated heterocycles. The minimum Gasteiger partial charge on any atom is -0.486 e. The molecule has 0 heterocycles. The van der Waals surface area contributed by atoms with Gasteiger partial charge in [0.25, 0.3) is 0 Å². The Morgan fingerprint density at radius 2 is 2.10 bits per heavy atom. The number of ether oxygens (including phenoxy) is 3. The zero-order chi connectivity index (χ0) is 15.1. The van der Waals surface area contributed by atoms with E-state index < -0.39 is 0 Å². The average molecular weight is 358 g/mol. The van der Waals surface area contributed by atoms with Crippen LogP contribution in [0, 0.1) is 0 Å². The maximum Gasteiger partial charge on any atom is 0.134 e. The first kappa shape index (κ1) is 16.7. The molecule has 3 atom stereocenters. The first-order chi connectivity index (χ1) is 10.3. The molecule has 2 rings (SSSR count). The molecule has 118 valence electrons. The zero-order valence-electron chi connectivity index (χ0n) is 12.7. The number of nitrogens with one attached hydrogen (secondary N) is 1. The van der Waals surface area contributed by atoms with Crippen molar-refractivity contribution in [1.29, 1.82) is 0 Å². The van der Waals surface area contributed by atoms with Crippen molar-refractivity contribution in [2.24, 2.45) is 0 Å². The fraction of sp³-hybridized carbons (Fsp3) is 0.625. The summed E-state index contributed by atoms with van der Waals surface area (Å²) in [5.41, 5.74) is 0. The second-order valence-corrected chi connectivity index (χ2v) is 6.07. The SMILES string of the molecule is CCCNC1CC(Oc2ccccc2Br)C1OCCOC. The van der Waals surface area contributed by atoms with E-state index in [-0.39, 0.29) is 12.2 Å². The lowest BCUT2D eigenvalue weighted by molar-refractivity contribution is -0.115. The summed E-state index contributed by atoms with van der Waals surface area (Å²) in [5.74, 6) is 0.872. The van der Waals surface area contributed by atoms with Crippen molar-refractivity contribution < 1.29 is 14.2 Å². The second kappa shape index (κ2) is 8.73. The molecule has 1 aliphatic carbocycles. The Morgan fingerprint density at radius 3 is 2.81 bits per heavy atom. The minimum atomic E-state index is 0.0822. The molecule has 0 radical (unpaired) electrons. The Morgan fingerprint density at radius 1 is 1.29 bits per heavy atom. The molecule has 4 nitrogen and oxygen atoms in total. The van der Waals surface area contributed by atoms with Crippen LogP contribution in [0.5, 0.6) is 5.75 Å². The molecule has 5 heteroatoms. The molecule has 0 bridgehead atoms. The third-order valence-corrected chi connectivity index (χ3v) is 4.27. The molecule has 0 amide bonds. The molecule has 1 aliphatic rings. The number of rotatable bonds is 9. The topological polar surface area (TPSA) is 39.7 Å². The highest BCUT2D eigenvalue weighted by Crippen LogP contribution is 2.32.